The van der Waals surface area contributed by atoms with Crippen molar-refractivity contribution in [3.63, 3.8) is 0 Å². The molecule has 0 aliphatic heterocycles. The molecule has 0 aliphatic carbocycles. The van der Waals surface area contributed by atoms with Crippen molar-refractivity contribution < 1.29 is 5.11 Å². The molecule has 1 aromatic rings. The number of rotatable bonds is 2. The molecular weight excluding hydrogens is 200 g/mol. The number of phenolic OH excluding ortho intramolecular Hbond substituents is 1. The molecule has 0 aliphatic rings. The van der Waals surface area contributed by atoms with Crippen LogP contribution in [-0.4, -0.2) is 24.2 Å². The lowest BCUT2D eigenvalue weighted by molar-refractivity contribution is 0.474. The maximum atomic E-state index is 9.56. The maximum absolute atomic E-state index is 9.56. The van der Waals surface area contributed by atoms with Crippen LogP contribution >= 0.6 is 0 Å². The molecule has 0 saturated carbocycles. The van der Waals surface area contributed by atoms with Crippen LogP contribution in [0.5, 0.6) is 5.75 Å². The Morgan fingerprint density at radius 2 is 1.94 bits per heavy atom. The van der Waals surface area contributed by atoms with Gasteiger partial charge in [0.25, 0.3) is 0 Å². The van der Waals surface area contributed by atoms with Gasteiger partial charge < -0.3 is 5.11 Å². The highest BCUT2D eigenvalue weighted by atomic mass is 16.3. The van der Waals surface area contributed by atoms with E-state index in [0.717, 1.165) is 6.42 Å². The van der Waals surface area contributed by atoms with E-state index in [0.29, 0.717) is 11.4 Å². The van der Waals surface area contributed by atoms with Crippen molar-refractivity contribution in [3.05, 3.63) is 29.8 Å². The summed E-state index contributed by atoms with van der Waals surface area (Å²) in [6.45, 7) is 6.00. The molecule has 0 fully saturated rings. The summed E-state index contributed by atoms with van der Waals surface area (Å²) in [4.78, 5) is 8.17. The van der Waals surface area contributed by atoms with Crippen molar-refractivity contribution in [1.29, 1.82) is 0 Å². The highest BCUT2D eigenvalue weighted by molar-refractivity contribution is 6.04. The van der Waals surface area contributed by atoms with Gasteiger partial charge in [-0.15, -0.1) is 0 Å². The molecule has 1 rings (SSSR count). The lowest BCUT2D eigenvalue weighted by atomic mass is 10.2. The van der Waals surface area contributed by atoms with E-state index >= 15 is 0 Å². The molecule has 88 valence electrons. The van der Waals surface area contributed by atoms with E-state index in [1.807, 2.05) is 26.8 Å². The van der Waals surface area contributed by atoms with Crippen LogP contribution in [0, 0.1) is 0 Å². The fourth-order valence-electron chi connectivity index (χ4n) is 1.09. The monoisotopic (exact) mass is 220 g/mol. The standard InChI is InChI=1S/C11H14N2O.C2H6/c1-3-8-13-11(12-2)9-6-4-5-7-10(9)14;1-2/h4-8,14H,3H2,1-2H3;1-2H3. The zero-order valence-electron chi connectivity index (χ0n) is 10.4. The number of benzene rings is 1. The van der Waals surface area contributed by atoms with Gasteiger partial charge in [0.15, 0.2) is 5.84 Å². The second-order valence-corrected chi connectivity index (χ2v) is 2.78. The van der Waals surface area contributed by atoms with Crippen LogP contribution in [0.1, 0.15) is 32.8 Å². The Hall–Kier alpha value is -1.64. The van der Waals surface area contributed by atoms with Crippen molar-refractivity contribution in [2.45, 2.75) is 27.2 Å². The topological polar surface area (TPSA) is 45.0 Å². The highest BCUT2D eigenvalue weighted by Gasteiger charge is 2.04. The van der Waals surface area contributed by atoms with Gasteiger partial charge >= 0.3 is 0 Å². The van der Waals surface area contributed by atoms with E-state index in [9.17, 15) is 5.11 Å². The van der Waals surface area contributed by atoms with Crippen LogP contribution in [0.15, 0.2) is 34.3 Å². The number of aliphatic imine (C=N–C) groups is 2. The average molecular weight is 220 g/mol. The number of nitrogens with zero attached hydrogens (tertiary/aromatic N) is 2. The minimum Gasteiger partial charge on any atom is -0.507 e. The molecule has 0 aromatic heterocycles. The second kappa shape index (κ2) is 8.65. The van der Waals surface area contributed by atoms with Gasteiger partial charge in [-0.2, -0.15) is 0 Å². The molecule has 1 N–H and O–H groups in total. The molecular formula is C13H20N2O. The number of amidine groups is 1. The molecule has 0 heterocycles. The van der Waals surface area contributed by atoms with Gasteiger partial charge in [-0.3, -0.25) is 4.99 Å². The van der Waals surface area contributed by atoms with E-state index in [4.69, 9.17) is 0 Å². The van der Waals surface area contributed by atoms with Crippen molar-refractivity contribution in [1.82, 2.24) is 0 Å². The first-order chi connectivity index (χ1) is 7.79. The van der Waals surface area contributed by atoms with Gasteiger partial charge in [-0.05, 0) is 18.6 Å². The van der Waals surface area contributed by atoms with Crippen LogP contribution in [0.25, 0.3) is 0 Å². The second-order valence-electron chi connectivity index (χ2n) is 2.78. The van der Waals surface area contributed by atoms with E-state index in [1.54, 1.807) is 31.5 Å². The third kappa shape index (κ3) is 4.26. The smallest absolute Gasteiger partial charge is 0.157 e. The first kappa shape index (κ1) is 14.4. The third-order valence-corrected chi connectivity index (χ3v) is 1.75. The molecule has 0 unspecified atom stereocenters. The van der Waals surface area contributed by atoms with Crippen molar-refractivity contribution in [3.8, 4) is 5.75 Å². The normalized spacial score (nSPS) is 11.1. The summed E-state index contributed by atoms with van der Waals surface area (Å²) in [5.74, 6) is 0.770. The van der Waals surface area contributed by atoms with Gasteiger partial charge in [-0.25, -0.2) is 4.99 Å². The van der Waals surface area contributed by atoms with Gasteiger partial charge in [0.2, 0.25) is 0 Å². The Morgan fingerprint density at radius 3 is 2.44 bits per heavy atom. The summed E-state index contributed by atoms with van der Waals surface area (Å²) in [5, 5.41) is 9.56. The highest BCUT2D eigenvalue weighted by Crippen LogP contribution is 2.16. The van der Waals surface area contributed by atoms with E-state index in [-0.39, 0.29) is 5.75 Å². The number of para-hydroxylation sites is 1. The van der Waals surface area contributed by atoms with Crippen molar-refractivity contribution in [2.24, 2.45) is 9.98 Å². The van der Waals surface area contributed by atoms with E-state index in [1.165, 1.54) is 0 Å². The van der Waals surface area contributed by atoms with Gasteiger partial charge in [-0.1, -0.05) is 32.9 Å². The number of hydrogen-bond acceptors (Lipinski definition) is 2. The van der Waals surface area contributed by atoms with Gasteiger partial charge in [0, 0.05) is 13.3 Å². The minimum atomic E-state index is 0.210. The quantitative estimate of drug-likeness (QED) is 0.603. The molecule has 3 heteroatoms. The Bertz CT molecular complexity index is 357. The molecule has 0 amide bonds. The number of aromatic hydroxyl groups is 1. The SMILES string of the molecule is CC.CCC=NC(=NC)c1ccccc1O. The molecule has 0 radical (unpaired) electrons. The van der Waals surface area contributed by atoms with Gasteiger partial charge in [0.05, 0.1) is 5.56 Å². The van der Waals surface area contributed by atoms with Crippen LogP contribution in [-0.2, 0) is 0 Å². The zero-order valence-corrected chi connectivity index (χ0v) is 10.4. The summed E-state index contributed by atoms with van der Waals surface area (Å²) in [6.07, 6.45) is 2.63. The molecule has 0 spiro atoms. The third-order valence-electron chi connectivity index (χ3n) is 1.75. The van der Waals surface area contributed by atoms with Gasteiger partial charge in [0.1, 0.15) is 5.75 Å². The Morgan fingerprint density at radius 1 is 1.31 bits per heavy atom. The summed E-state index contributed by atoms with van der Waals surface area (Å²) >= 11 is 0. The predicted molar refractivity (Wildman–Crippen MR) is 70.7 cm³/mol. The minimum absolute atomic E-state index is 0.210. The zero-order chi connectivity index (χ0) is 12.4. The average Bonchev–Trinajstić information content (AvgIpc) is 2.35. The fraction of sp³-hybridized carbons (Fsp3) is 0.385. The van der Waals surface area contributed by atoms with Crippen LogP contribution in [0.2, 0.25) is 0 Å². The lowest BCUT2D eigenvalue weighted by Crippen LogP contribution is -1.97. The number of hydrogen-bond donors (Lipinski definition) is 1. The summed E-state index contributed by atoms with van der Waals surface area (Å²) in [6, 6.07) is 7.05. The summed E-state index contributed by atoms with van der Waals surface area (Å²) < 4.78 is 0. The lowest BCUT2D eigenvalue weighted by Gasteiger charge is -2.02. The molecule has 0 saturated heterocycles. The molecule has 0 bridgehead atoms. The first-order valence-electron chi connectivity index (χ1n) is 5.57. The fourth-order valence-corrected chi connectivity index (χ4v) is 1.09. The van der Waals surface area contributed by atoms with Crippen LogP contribution < -0.4 is 0 Å². The predicted octanol–water partition coefficient (Wildman–Crippen LogP) is 3.28. The Labute approximate surface area is 97.6 Å². The van der Waals surface area contributed by atoms with E-state index in [2.05, 4.69) is 9.98 Å². The van der Waals surface area contributed by atoms with Crippen LogP contribution in [0.4, 0.5) is 0 Å². The summed E-state index contributed by atoms with van der Waals surface area (Å²) in [5.41, 5.74) is 0.666. The summed E-state index contributed by atoms with van der Waals surface area (Å²) in [7, 11) is 1.66. The first-order valence-corrected chi connectivity index (χ1v) is 5.57. The molecule has 3 nitrogen and oxygen atoms in total. The Kier molecular flexibility index (Phi) is 7.76. The molecule has 1 aromatic carbocycles. The Balaban J connectivity index is 0.00000106. The molecule has 0 atom stereocenters. The molecule has 16 heavy (non-hydrogen) atoms. The van der Waals surface area contributed by atoms with Crippen LogP contribution in [0.3, 0.4) is 0 Å². The number of phenols is 1. The van der Waals surface area contributed by atoms with Crippen molar-refractivity contribution in [2.75, 3.05) is 7.05 Å². The maximum Gasteiger partial charge on any atom is 0.157 e. The van der Waals surface area contributed by atoms with E-state index < -0.39 is 0 Å². The van der Waals surface area contributed by atoms with Crippen molar-refractivity contribution >= 4 is 12.1 Å². The largest absolute Gasteiger partial charge is 0.507 e.